The minimum atomic E-state index is 0.208. The summed E-state index contributed by atoms with van der Waals surface area (Å²) in [6, 6.07) is 3.94. The molecular weight excluding hydrogens is 265 g/mol. The Kier molecular flexibility index (Phi) is 4.23. The number of halogens is 2. The van der Waals surface area contributed by atoms with Crippen LogP contribution in [0.15, 0.2) is 16.6 Å². The van der Waals surface area contributed by atoms with Gasteiger partial charge in [0.1, 0.15) is 5.75 Å². The van der Waals surface area contributed by atoms with Crippen LogP contribution in [-0.4, -0.2) is 14.2 Å². The monoisotopic (exact) mass is 277 g/mol. The van der Waals surface area contributed by atoms with E-state index in [1.165, 1.54) is 0 Å². The van der Waals surface area contributed by atoms with Crippen molar-refractivity contribution in [1.29, 1.82) is 0 Å². The van der Waals surface area contributed by atoms with E-state index in [4.69, 9.17) is 16.3 Å². The molecule has 1 N–H and O–H groups in total. The highest BCUT2D eigenvalue weighted by molar-refractivity contribution is 9.10. The third kappa shape index (κ3) is 2.41. The summed E-state index contributed by atoms with van der Waals surface area (Å²) < 4.78 is 6.19. The lowest BCUT2D eigenvalue weighted by atomic mass is 10.1. The van der Waals surface area contributed by atoms with Crippen LogP contribution >= 0.6 is 27.5 Å². The average Bonchev–Trinajstić information content (AvgIpc) is 2.15. The zero-order valence-electron chi connectivity index (χ0n) is 8.40. The first-order valence-electron chi connectivity index (χ1n) is 4.30. The third-order valence-corrected chi connectivity index (χ3v) is 2.95. The molecule has 0 aliphatic rings. The van der Waals surface area contributed by atoms with E-state index >= 15 is 0 Å². The Labute approximate surface area is 97.7 Å². The van der Waals surface area contributed by atoms with Gasteiger partial charge in [-0.2, -0.15) is 0 Å². The number of ether oxygens (including phenoxy) is 1. The normalized spacial score (nSPS) is 12.6. The highest BCUT2D eigenvalue weighted by atomic mass is 79.9. The van der Waals surface area contributed by atoms with Gasteiger partial charge >= 0.3 is 0 Å². The summed E-state index contributed by atoms with van der Waals surface area (Å²) in [6.45, 7) is 2.06. The largest absolute Gasteiger partial charge is 0.495 e. The van der Waals surface area contributed by atoms with Gasteiger partial charge in [-0.15, -0.1) is 0 Å². The van der Waals surface area contributed by atoms with E-state index in [9.17, 15) is 0 Å². The van der Waals surface area contributed by atoms with Crippen LogP contribution in [0.3, 0.4) is 0 Å². The molecule has 2 nitrogen and oxygen atoms in total. The summed E-state index contributed by atoms with van der Waals surface area (Å²) in [7, 11) is 3.55. The summed E-state index contributed by atoms with van der Waals surface area (Å²) in [6.07, 6.45) is 0. The number of methoxy groups -OCH3 is 1. The van der Waals surface area contributed by atoms with E-state index in [1.807, 2.05) is 19.2 Å². The van der Waals surface area contributed by atoms with Crippen molar-refractivity contribution in [3.8, 4) is 5.75 Å². The van der Waals surface area contributed by atoms with Crippen LogP contribution < -0.4 is 10.1 Å². The molecule has 0 spiro atoms. The molecule has 0 bridgehead atoms. The van der Waals surface area contributed by atoms with Gasteiger partial charge in [0.2, 0.25) is 0 Å². The van der Waals surface area contributed by atoms with Crippen molar-refractivity contribution < 1.29 is 4.74 Å². The number of hydrogen-bond donors (Lipinski definition) is 1. The molecule has 0 aliphatic carbocycles. The lowest BCUT2D eigenvalue weighted by molar-refractivity contribution is 0.401. The molecule has 1 unspecified atom stereocenters. The van der Waals surface area contributed by atoms with Gasteiger partial charge in [-0.1, -0.05) is 11.6 Å². The molecule has 78 valence electrons. The fraction of sp³-hybridized carbons (Fsp3) is 0.400. The van der Waals surface area contributed by atoms with Gasteiger partial charge in [-0.25, -0.2) is 0 Å². The van der Waals surface area contributed by atoms with Crippen molar-refractivity contribution in [2.24, 2.45) is 0 Å². The summed E-state index contributed by atoms with van der Waals surface area (Å²) >= 11 is 9.39. The van der Waals surface area contributed by atoms with E-state index in [0.29, 0.717) is 5.02 Å². The highest BCUT2D eigenvalue weighted by Gasteiger charge is 2.13. The van der Waals surface area contributed by atoms with Crippen molar-refractivity contribution in [2.45, 2.75) is 13.0 Å². The van der Waals surface area contributed by atoms with Crippen molar-refractivity contribution in [1.82, 2.24) is 5.32 Å². The number of hydrogen-bond acceptors (Lipinski definition) is 2. The molecule has 1 aromatic rings. The summed E-state index contributed by atoms with van der Waals surface area (Å²) in [5, 5.41) is 3.85. The second-order valence-electron chi connectivity index (χ2n) is 3.02. The third-order valence-electron chi connectivity index (χ3n) is 2.14. The molecule has 0 saturated carbocycles. The van der Waals surface area contributed by atoms with E-state index in [0.717, 1.165) is 15.8 Å². The van der Waals surface area contributed by atoms with Crippen LogP contribution in [0.25, 0.3) is 0 Å². The van der Waals surface area contributed by atoms with Crippen LogP contribution in [0.2, 0.25) is 5.02 Å². The molecule has 0 aliphatic heterocycles. The first-order valence-corrected chi connectivity index (χ1v) is 5.47. The van der Waals surface area contributed by atoms with Crippen molar-refractivity contribution in [2.75, 3.05) is 14.2 Å². The van der Waals surface area contributed by atoms with Gasteiger partial charge < -0.3 is 10.1 Å². The standard InChI is InChI=1S/C10H13BrClNO/c1-6(13-2)8-4-7(12)5-9(11)10(8)14-3/h4-6,13H,1-3H3. The summed E-state index contributed by atoms with van der Waals surface area (Å²) in [5.74, 6) is 0.830. The molecule has 0 saturated heterocycles. The Hall–Kier alpha value is -0.250. The topological polar surface area (TPSA) is 21.3 Å². The first-order chi connectivity index (χ1) is 6.60. The molecule has 0 amide bonds. The minimum Gasteiger partial charge on any atom is -0.495 e. The van der Waals surface area contributed by atoms with Crippen LogP contribution in [0.4, 0.5) is 0 Å². The zero-order chi connectivity index (χ0) is 10.7. The van der Waals surface area contributed by atoms with Crippen molar-refractivity contribution in [3.05, 3.63) is 27.2 Å². The lowest BCUT2D eigenvalue weighted by Gasteiger charge is -2.16. The Balaban J connectivity index is 3.24. The van der Waals surface area contributed by atoms with Gasteiger partial charge in [0.05, 0.1) is 11.6 Å². The van der Waals surface area contributed by atoms with E-state index in [-0.39, 0.29) is 6.04 Å². The predicted octanol–water partition coefficient (Wildman–Crippen LogP) is 3.39. The number of benzene rings is 1. The first kappa shape index (κ1) is 11.8. The van der Waals surface area contributed by atoms with E-state index in [1.54, 1.807) is 7.11 Å². The molecule has 1 atom stereocenters. The van der Waals surface area contributed by atoms with Crippen molar-refractivity contribution in [3.63, 3.8) is 0 Å². The van der Waals surface area contributed by atoms with Crippen LogP contribution in [-0.2, 0) is 0 Å². The van der Waals surface area contributed by atoms with Gasteiger partial charge in [-0.3, -0.25) is 0 Å². The highest BCUT2D eigenvalue weighted by Crippen LogP contribution is 2.35. The van der Waals surface area contributed by atoms with Gasteiger partial charge in [-0.05, 0) is 42.0 Å². The van der Waals surface area contributed by atoms with E-state index in [2.05, 4.69) is 28.2 Å². The minimum absolute atomic E-state index is 0.208. The van der Waals surface area contributed by atoms with Gasteiger partial charge in [0, 0.05) is 16.6 Å². The quantitative estimate of drug-likeness (QED) is 0.915. The maximum Gasteiger partial charge on any atom is 0.137 e. The molecule has 1 rings (SSSR count). The Morgan fingerprint density at radius 3 is 2.64 bits per heavy atom. The smallest absolute Gasteiger partial charge is 0.137 e. The fourth-order valence-corrected chi connectivity index (χ4v) is 2.27. The van der Waals surface area contributed by atoms with Crippen LogP contribution in [0.1, 0.15) is 18.5 Å². The Bertz CT molecular complexity index is 330. The fourth-order valence-electron chi connectivity index (χ4n) is 1.27. The number of rotatable bonds is 3. The van der Waals surface area contributed by atoms with Crippen molar-refractivity contribution >= 4 is 27.5 Å². The molecule has 4 heteroatoms. The molecule has 0 radical (unpaired) electrons. The maximum absolute atomic E-state index is 5.97. The predicted molar refractivity (Wildman–Crippen MR) is 63.2 cm³/mol. The van der Waals surface area contributed by atoms with E-state index < -0.39 is 0 Å². The molecule has 14 heavy (non-hydrogen) atoms. The second-order valence-corrected chi connectivity index (χ2v) is 4.31. The molecular formula is C10H13BrClNO. The number of nitrogens with one attached hydrogen (secondary N) is 1. The second kappa shape index (κ2) is 5.01. The Morgan fingerprint density at radius 2 is 2.14 bits per heavy atom. The molecule has 0 heterocycles. The summed E-state index contributed by atoms with van der Waals surface area (Å²) in [4.78, 5) is 0. The molecule has 0 aromatic heterocycles. The molecule has 0 fully saturated rings. The summed E-state index contributed by atoms with van der Waals surface area (Å²) in [5.41, 5.74) is 1.05. The maximum atomic E-state index is 5.97. The SMILES string of the molecule is CNC(C)c1cc(Cl)cc(Br)c1OC. The van der Waals surface area contributed by atoms with Gasteiger partial charge in [0.25, 0.3) is 0 Å². The van der Waals surface area contributed by atoms with Crippen LogP contribution in [0.5, 0.6) is 5.75 Å². The zero-order valence-corrected chi connectivity index (χ0v) is 10.7. The van der Waals surface area contributed by atoms with Gasteiger partial charge in [0.15, 0.2) is 0 Å². The average molecular weight is 279 g/mol. The Morgan fingerprint density at radius 1 is 1.50 bits per heavy atom. The molecule has 1 aromatic carbocycles. The lowest BCUT2D eigenvalue weighted by Crippen LogP contribution is -2.13. The van der Waals surface area contributed by atoms with Crippen LogP contribution in [0, 0.1) is 0 Å².